The van der Waals surface area contributed by atoms with E-state index in [2.05, 4.69) is 10.6 Å². The summed E-state index contributed by atoms with van der Waals surface area (Å²) in [5.41, 5.74) is 1.56. The van der Waals surface area contributed by atoms with Gasteiger partial charge in [0.05, 0.1) is 12.1 Å². The van der Waals surface area contributed by atoms with Gasteiger partial charge in [-0.1, -0.05) is 18.2 Å². The third-order valence-electron chi connectivity index (χ3n) is 3.71. The minimum Gasteiger partial charge on any atom is -0.384 e. The lowest BCUT2D eigenvalue weighted by Crippen LogP contribution is -2.48. The van der Waals surface area contributed by atoms with Gasteiger partial charge >= 0.3 is 0 Å². The Morgan fingerprint density at radius 3 is 2.95 bits per heavy atom. The van der Waals surface area contributed by atoms with Gasteiger partial charge in [0.1, 0.15) is 0 Å². The average molecular weight is 262 g/mol. The van der Waals surface area contributed by atoms with Gasteiger partial charge in [0.15, 0.2) is 0 Å². The van der Waals surface area contributed by atoms with Gasteiger partial charge in [-0.25, -0.2) is 0 Å². The number of benzene rings is 1. The molecular formula is C15H22N2O2. The van der Waals surface area contributed by atoms with Gasteiger partial charge in [0.25, 0.3) is 0 Å². The van der Waals surface area contributed by atoms with E-state index in [1.807, 2.05) is 31.2 Å². The van der Waals surface area contributed by atoms with E-state index in [4.69, 9.17) is 4.74 Å². The average Bonchev–Trinajstić information content (AvgIpc) is 2.86. The quantitative estimate of drug-likeness (QED) is 0.853. The van der Waals surface area contributed by atoms with Crippen molar-refractivity contribution in [3.8, 4) is 0 Å². The molecule has 1 fully saturated rings. The van der Waals surface area contributed by atoms with Crippen LogP contribution in [0.4, 0.5) is 5.69 Å². The minimum absolute atomic E-state index is 0.0508. The number of amides is 1. The first-order valence-electron chi connectivity index (χ1n) is 6.79. The maximum Gasteiger partial charge on any atom is 0.244 e. The van der Waals surface area contributed by atoms with Crippen molar-refractivity contribution >= 4 is 11.6 Å². The third-order valence-corrected chi connectivity index (χ3v) is 3.71. The van der Waals surface area contributed by atoms with Crippen LogP contribution < -0.4 is 10.6 Å². The number of para-hydroxylation sites is 1. The fourth-order valence-electron chi connectivity index (χ4n) is 2.42. The molecule has 0 aromatic heterocycles. The molecule has 1 amide bonds. The molecule has 0 radical (unpaired) electrons. The molecule has 0 spiro atoms. The van der Waals surface area contributed by atoms with Crippen LogP contribution in [0.3, 0.4) is 0 Å². The number of methoxy groups -OCH3 is 1. The summed E-state index contributed by atoms with van der Waals surface area (Å²) in [6.45, 7) is 3.53. The van der Waals surface area contributed by atoms with Gasteiger partial charge in [-0.3, -0.25) is 4.79 Å². The number of carbonyl (C=O) groups is 1. The van der Waals surface area contributed by atoms with Crippen LogP contribution in [0.25, 0.3) is 0 Å². The summed E-state index contributed by atoms with van der Waals surface area (Å²) in [7, 11) is 1.69. The number of ether oxygens (including phenoxy) is 1. The van der Waals surface area contributed by atoms with E-state index in [1.54, 1.807) is 7.11 Å². The molecule has 0 bridgehead atoms. The maximum absolute atomic E-state index is 12.4. The molecule has 0 saturated carbocycles. The number of anilines is 1. The van der Waals surface area contributed by atoms with Crippen LogP contribution in [0.5, 0.6) is 0 Å². The van der Waals surface area contributed by atoms with Gasteiger partial charge < -0.3 is 15.4 Å². The van der Waals surface area contributed by atoms with Crippen molar-refractivity contribution in [3.63, 3.8) is 0 Å². The number of carbonyl (C=O) groups excluding carboxylic acids is 1. The highest BCUT2D eigenvalue weighted by molar-refractivity contribution is 5.98. The van der Waals surface area contributed by atoms with Gasteiger partial charge in [-0.15, -0.1) is 0 Å². The molecule has 19 heavy (non-hydrogen) atoms. The van der Waals surface area contributed by atoms with Crippen LogP contribution in [0.15, 0.2) is 24.3 Å². The summed E-state index contributed by atoms with van der Waals surface area (Å²) in [4.78, 5) is 12.4. The van der Waals surface area contributed by atoms with Crippen LogP contribution in [0.1, 0.15) is 25.3 Å². The molecule has 4 nitrogen and oxygen atoms in total. The number of hydrogen-bond donors (Lipinski definition) is 2. The Morgan fingerprint density at radius 2 is 2.26 bits per heavy atom. The highest BCUT2D eigenvalue weighted by Gasteiger charge is 2.35. The Balaban J connectivity index is 2.07. The maximum atomic E-state index is 12.4. The van der Waals surface area contributed by atoms with Crippen molar-refractivity contribution in [1.82, 2.24) is 5.32 Å². The molecule has 2 N–H and O–H groups in total. The van der Waals surface area contributed by atoms with Crippen LogP contribution in [-0.2, 0) is 16.0 Å². The predicted octanol–water partition coefficient (Wildman–Crippen LogP) is 1.96. The molecule has 4 heteroatoms. The number of nitrogens with one attached hydrogen (secondary N) is 2. The summed E-state index contributed by atoms with van der Waals surface area (Å²) >= 11 is 0. The second-order valence-electron chi connectivity index (χ2n) is 5.22. The Kier molecular flexibility index (Phi) is 4.56. The summed E-state index contributed by atoms with van der Waals surface area (Å²) in [5.74, 6) is 0.0508. The topological polar surface area (TPSA) is 50.4 Å². The van der Waals surface area contributed by atoms with E-state index in [0.717, 1.165) is 37.1 Å². The lowest BCUT2D eigenvalue weighted by Gasteiger charge is -2.24. The fraction of sp³-hybridized carbons (Fsp3) is 0.533. The zero-order valence-corrected chi connectivity index (χ0v) is 11.7. The van der Waals surface area contributed by atoms with E-state index >= 15 is 0 Å². The lowest BCUT2D eigenvalue weighted by molar-refractivity contribution is -0.121. The van der Waals surface area contributed by atoms with Crippen molar-refractivity contribution in [3.05, 3.63) is 29.8 Å². The Bertz CT molecular complexity index is 440. The van der Waals surface area contributed by atoms with Gasteiger partial charge in [0, 0.05) is 12.8 Å². The zero-order valence-electron chi connectivity index (χ0n) is 11.7. The summed E-state index contributed by atoms with van der Waals surface area (Å²) < 4.78 is 5.10. The van der Waals surface area contributed by atoms with E-state index in [-0.39, 0.29) is 5.91 Å². The summed E-state index contributed by atoms with van der Waals surface area (Å²) in [6.07, 6.45) is 2.74. The predicted molar refractivity (Wildman–Crippen MR) is 76.3 cm³/mol. The Labute approximate surface area is 114 Å². The molecule has 0 aliphatic carbocycles. The van der Waals surface area contributed by atoms with Gasteiger partial charge in [0.2, 0.25) is 5.91 Å². The van der Waals surface area contributed by atoms with Gasteiger partial charge in [-0.05, 0) is 44.4 Å². The molecule has 1 unspecified atom stereocenters. The summed E-state index contributed by atoms with van der Waals surface area (Å²) in [6, 6.07) is 7.90. The van der Waals surface area contributed by atoms with Crippen molar-refractivity contribution in [1.29, 1.82) is 0 Å². The first kappa shape index (κ1) is 14.0. The molecular weight excluding hydrogens is 240 g/mol. The Hall–Kier alpha value is -1.39. The molecule has 1 aliphatic rings. The molecule has 1 aromatic carbocycles. The van der Waals surface area contributed by atoms with Gasteiger partial charge in [-0.2, -0.15) is 0 Å². The fourth-order valence-corrected chi connectivity index (χ4v) is 2.42. The number of hydrogen-bond acceptors (Lipinski definition) is 3. The summed E-state index contributed by atoms with van der Waals surface area (Å²) in [5, 5.41) is 6.32. The van der Waals surface area contributed by atoms with E-state index in [1.165, 1.54) is 0 Å². The largest absolute Gasteiger partial charge is 0.384 e. The molecule has 104 valence electrons. The number of rotatable bonds is 5. The van der Waals surface area contributed by atoms with Crippen LogP contribution >= 0.6 is 0 Å². The highest BCUT2D eigenvalue weighted by Crippen LogP contribution is 2.22. The van der Waals surface area contributed by atoms with E-state index in [9.17, 15) is 4.79 Å². The molecule has 1 aromatic rings. The van der Waals surface area contributed by atoms with Crippen LogP contribution in [-0.4, -0.2) is 31.7 Å². The molecule has 2 rings (SSSR count). The molecule has 1 saturated heterocycles. The van der Waals surface area contributed by atoms with Crippen LogP contribution in [0.2, 0.25) is 0 Å². The first-order chi connectivity index (χ1) is 9.15. The standard InChI is InChI=1S/C15H22N2O2/c1-15(9-5-10-16-15)14(18)17-13-7-4-3-6-12(13)8-11-19-2/h3-4,6-7,16H,5,8-11H2,1-2H3,(H,17,18). The van der Waals surface area contributed by atoms with E-state index in [0.29, 0.717) is 6.61 Å². The highest BCUT2D eigenvalue weighted by atomic mass is 16.5. The second kappa shape index (κ2) is 6.17. The van der Waals surface area contributed by atoms with Crippen LogP contribution in [0, 0.1) is 0 Å². The smallest absolute Gasteiger partial charge is 0.244 e. The molecule has 1 atom stereocenters. The van der Waals surface area contributed by atoms with Crippen molar-refractivity contribution in [2.24, 2.45) is 0 Å². The third kappa shape index (κ3) is 3.33. The van der Waals surface area contributed by atoms with E-state index < -0.39 is 5.54 Å². The molecule has 1 heterocycles. The van der Waals surface area contributed by atoms with Crippen molar-refractivity contribution < 1.29 is 9.53 Å². The lowest BCUT2D eigenvalue weighted by atomic mass is 9.99. The first-order valence-corrected chi connectivity index (χ1v) is 6.79. The monoisotopic (exact) mass is 262 g/mol. The second-order valence-corrected chi connectivity index (χ2v) is 5.22. The van der Waals surface area contributed by atoms with Crippen molar-refractivity contribution in [2.75, 3.05) is 25.6 Å². The zero-order chi connectivity index (χ0) is 13.7. The van der Waals surface area contributed by atoms with Crippen molar-refractivity contribution in [2.45, 2.75) is 31.7 Å². The normalized spacial score (nSPS) is 22.4. The Morgan fingerprint density at radius 1 is 1.47 bits per heavy atom. The molecule has 1 aliphatic heterocycles. The SMILES string of the molecule is COCCc1ccccc1NC(=O)C1(C)CCCN1. The minimum atomic E-state index is -0.436.